The van der Waals surface area contributed by atoms with Crippen LogP contribution in [-0.4, -0.2) is 25.0 Å². The SMILES string of the molecule is Cc1ccccc1CC(=O)NCC1CCCN1. The summed E-state index contributed by atoms with van der Waals surface area (Å²) in [5.74, 6) is 0.119. The number of carbonyl (C=O) groups excluding carboxylic acids is 1. The van der Waals surface area contributed by atoms with E-state index in [1.165, 1.54) is 18.4 Å². The summed E-state index contributed by atoms with van der Waals surface area (Å²) in [5, 5.41) is 6.37. The highest BCUT2D eigenvalue weighted by Crippen LogP contribution is 2.08. The summed E-state index contributed by atoms with van der Waals surface area (Å²) in [4.78, 5) is 11.8. The van der Waals surface area contributed by atoms with Crippen molar-refractivity contribution in [2.24, 2.45) is 0 Å². The van der Waals surface area contributed by atoms with Crippen LogP contribution in [0, 0.1) is 6.92 Å². The van der Waals surface area contributed by atoms with Crippen LogP contribution in [0.2, 0.25) is 0 Å². The predicted octanol–water partition coefficient (Wildman–Crippen LogP) is 1.41. The third-order valence-corrected chi connectivity index (χ3v) is 3.32. The molecule has 0 aliphatic carbocycles. The molecule has 1 aromatic rings. The Kier molecular flexibility index (Phi) is 4.15. The van der Waals surface area contributed by atoms with Gasteiger partial charge in [-0.25, -0.2) is 0 Å². The zero-order valence-corrected chi connectivity index (χ0v) is 10.3. The molecule has 1 aliphatic rings. The average Bonchev–Trinajstić information content (AvgIpc) is 2.82. The zero-order chi connectivity index (χ0) is 12.1. The van der Waals surface area contributed by atoms with Crippen LogP contribution in [0.3, 0.4) is 0 Å². The first kappa shape index (κ1) is 12.1. The first-order chi connectivity index (χ1) is 8.25. The molecule has 1 aromatic carbocycles. The molecule has 0 radical (unpaired) electrons. The van der Waals surface area contributed by atoms with Gasteiger partial charge in [-0.15, -0.1) is 0 Å². The van der Waals surface area contributed by atoms with Crippen molar-refractivity contribution in [2.45, 2.75) is 32.2 Å². The summed E-state index contributed by atoms with van der Waals surface area (Å²) in [6, 6.07) is 8.51. The number of hydrogen-bond acceptors (Lipinski definition) is 2. The van der Waals surface area contributed by atoms with Gasteiger partial charge in [-0.2, -0.15) is 0 Å². The van der Waals surface area contributed by atoms with Crippen LogP contribution in [0.5, 0.6) is 0 Å². The monoisotopic (exact) mass is 232 g/mol. The van der Waals surface area contributed by atoms with Crippen LogP contribution >= 0.6 is 0 Å². The lowest BCUT2D eigenvalue weighted by Crippen LogP contribution is -2.37. The number of hydrogen-bond donors (Lipinski definition) is 2. The molecule has 2 N–H and O–H groups in total. The lowest BCUT2D eigenvalue weighted by molar-refractivity contribution is -0.120. The second kappa shape index (κ2) is 5.82. The summed E-state index contributed by atoms with van der Waals surface area (Å²) >= 11 is 0. The van der Waals surface area contributed by atoms with Gasteiger partial charge >= 0.3 is 0 Å². The molecular formula is C14H20N2O. The Labute approximate surface area is 103 Å². The number of nitrogens with one attached hydrogen (secondary N) is 2. The van der Waals surface area contributed by atoms with E-state index in [4.69, 9.17) is 0 Å². The number of rotatable bonds is 4. The summed E-state index contributed by atoms with van der Waals surface area (Å²) in [6.45, 7) is 3.88. The van der Waals surface area contributed by atoms with E-state index in [9.17, 15) is 4.79 Å². The Balaban J connectivity index is 1.79. The minimum atomic E-state index is 0.119. The van der Waals surface area contributed by atoms with Gasteiger partial charge in [0.2, 0.25) is 5.91 Å². The van der Waals surface area contributed by atoms with Crippen molar-refractivity contribution in [1.29, 1.82) is 0 Å². The molecule has 0 bridgehead atoms. The number of amides is 1. The van der Waals surface area contributed by atoms with Gasteiger partial charge in [0.25, 0.3) is 0 Å². The quantitative estimate of drug-likeness (QED) is 0.824. The fourth-order valence-electron chi connectivity index (χ4n) is 2.21. The highest BCUT2D eigenvalue weighted by molar-refractivity contribution is 5.78. The average molecular weight is 232 g/mol. The van der Waals surface area contributed by atoms with Crippen molar-refractivity contribution in [3.8, 4) is 0 Å². The van der Waals surface area contributed by atoms with Crippen LogP contribution in [0.1, 0.15) is 24.0 Å². The van der Waals surface area contributed by atoms with Gasteiger partial charge in [-0.1, -0.05) is 24.3 Å². The summed E-state index contributed by atoms with van der Waals surface area (Å²) < 4.78 is 0. The highest BCUT2D eigenvalue weighted by Gasteiger charge is 2.14. The molecule has 1 aliphatic heterocycles. The molecule has 1 amide bonds. The highest BCUT2D eigenvalue weighted by atomic mass is 16.1. The Morgan fingerprint density at radius 3 is 3.00 bits per heavy atom. The summed E-state index contributed by atoms with van der Waals surface area (Å²) in [7, 11) is 0. The molecule has 2 rings (SSSR count). The maximum absolute atomic E-state index is 11.8. The van der Waals surface area contributed by atoms with E-state index in [2.05, 4.69) is 10.6 Å². The molecule has 3 heteroatoms. The standard InChI is InChI=1S/C14H20N2O/c1-11-5-2-3-6-12(11)9-14(17)16-10-13-7-4-8-15-13/h2-3,5-6,13,15H,4,7-10H2,1H3,(H,16,17). The van der Waals surface area contributed by atoms with E-state index in [1.54, 1.807) is 0 Å². The van der Waals surface area contributed by atoms with Crippen molar-refractivity contribution in [3.63, 3.8) is 0 Å². The predicted molar refractivity (Wildman–Crippen MR) is 68.9 cm³/mol. The Morgan fingerprint density at radius 2 is 2.29 bits per heavy atom. The van der Waals surface area contributed by atoms with Crippen molar-refractivity contribution in [3.05, 3.63) is 35.4 Å². The minimum Gasteiger partial charge on any atom is -0.354 e. The molecule has 1 fully saturated rings. The molecule has 17 heavy (non-hydrogen) atoms. The van der Waals surface area contributed by atoms with Crippen molar-refractivity contribution < 1.29 is 4.79 Å². The van der Waals surface area contributed by atoms with E-state index in [1.807, 2.05) is 31.2 Å². The Bertz CT molecular complexity index is 384. The van der Waals surface area contributed by atoms with Gasteiger partial charge in [0, 0.05) is 12.6 Å². The Hall–Kier alpha value is -1.35. The molecule has 3 nitrogen and oxygen atoms in total. The largest absolute Gasteiger partial charge is 0.354 e. The van der Waals surface area contributed by atoms with Gasteiger partial charge in [0.15, 0.2) is 0 Å². The maximum atomic E-state index is 11.8. The maximum Gasteiger partial charge on any atom is 0.224 e. The second-order valence-electron chi connectivity index (χ2n) is 4.70. The molecule has 1 heterocycles. The van der Waals surface area contributed by atoms with Gasteiger partial charge in [0.1, 0.15) is 0 Å². The third kappa shape index (κ3) is 3.56. The third-order valence-electron chi connectivity index (χ3n) is 3.32. The van der Waals surface area contributed by atoms with Crippen molar-refractivity contribution in [2.75, 3.05) is 13.1 Å². The van der Waals surface area contributed by atoms with Gasteiger partial charge in [0.05, 0.1) is 6.42 Å². The number of benzene rings is 1. The van der Waals surface area contributed by atoms with Crippen molar-refractivity contribution in [1.82, 2.24) is 10.6 Å². The van der Waals surface area contributed by atoms with Crippen LogP contribution < -0.4 is 10.6 Å². The molecule has 1 unspecified atom stereocenters. The van der Waals surface area contributed by atoms with Gasteiger partial charge in [-0.05, 0) is 37.4 Å². The number of carbonyl (C=O) groups is 1. The minimum absolute atomic E-state index is 0.119. The van der Waals surface area contributed by atoms with E-state index in [-0.39, 0.29) is 5.91 Å². The lowest BCUT2D eigenvalue weighted by atomic mass is 10.1. The Morgan fingerprint density at radius 1 is 1.47 bits per heavy atom. The first-order valence-electron chi connectivity index (χ1n) is 6.30. The van der Waals surface area contributed by atoms with E-state index in [0.29, 0.717) is 12.5 Å². The van der Waals surface area contributed by atoms with Crippen LogP contribution in [0.4, 0.5) is 0 Å². The van der Waals surface area contributed by atoms with Crippen molar-refractivity contribution >= 4 is 5.91 Å². The lowest BCUT2D eigenvalue weighted by Gasteiger charge is -2.12. The first-order valence-corrected chi connectivity index (χ1v) is 6.30. The van der Waals surface area contributed by atoms with Gasteiger partial charge < -0.3 is 10.6 Å². The smallest absolute Gasteiger partial charge is 0.224 e. The topological polar surface area (TPSA) is 41.1 Å². The van der Waals surface area contributed by atoms with E-state index < -0.39 is 0 Å². The fourth-order valence-corrected chi connectivity index (χ4v) is 2.21. The molecule has 92 valence electrons. The molecule has 0 aromatic heterocycles. The number of aryl methyl sites for hydroxylation is 1. The zero-order valence-electron chi connectivity index (χ0n) is 10.3. The molecule has 0 spiro atoms. The summed E-state index contributed by atoms with van der Waals surface area (Å²) in [5.41, 5.74) is 2.30. The normalized spacial score (nSPS) is 19.2. The van der Waals surface area contributed by atoms with E-state index in [0.717, 1.165) is 18.7 Å². The summed E-state index contributed by atoms with van der Waals surface area (Å²) in [6.07, 6.45) is 2.88. The van der Waals surface area contributed by atoms with E-state index >= 15 is 0 Å². The van der Waals surface area contributed by atoms with Crippen LogP contribution in [0.25, 0.3) is 0 Å². The molecule has 1 saturated heterocycles. The molecule has 1 atom stereocenters. The van der Waals surface area contributed by atoms with Gasteiger partial charge in [-0.3, -0.25) is 4.79 Å². The molecule has 0 saturated carbocycles. The second-order valence-corrected chi connectivity index (χ2v) is 4.70. The molecular weight excluding hydrogens is 212 g/mol. The van der Waals surface area contributed by atoms with Crippen LogP contribution in [0.15, 0.2) is 24.3 Å². The van der Waals surface area contributed by atoms with Crippen LogP contribution in [-0.2, 0) is 11.2 Å². The fraction of sp³-hybridized carbons (Fsp3) is 0.500.